The lowest BCUT2D eigenvalue weighted by atomic mass is 9.91. The van der Waals surface area contributed by atoms with Crippen LogP contribution in [0.3, 0.4) is 0 Å². The molecule has 1 saturated heterocycles. The van der Waals surface area contributed by atoms with Crippen LogP contribution < -0.4 is 4.90 Å². The van der Waals surface area contributed by atoms with Crippen molar-refractivity contribution >= 4 is 15.9 Å². The van der Waals surface area contributed by atoms with E-state index in [1.54, 1.807) is 6.07 Å². The number of hydrogen-bond acceptors (Lipinski definition) is 7. The number of ether oxygens (including phenoxy) is 1. The molecule has 2 heterocycles. The summed E-state index contributed by atoms with van der Waals surface area (Å²) in [6.45, 7) is 6.91. The number of aromatic nitrogens is 2. The fraction of sp³-hybridized carbons (Fsp3) is 0.636. The average Bonchev–Trinajstić information content (AvgIpc) is 3.30. The van der Waals surface area contributed by atoms with Crippen LogP contribution in [0, 0.1) is 23.6 Å². The van der Waals surface area contributed by atoms with Crippen molar-refractivity contribution in [2.24, 2.45) is 17.8 Å². The summed E-state index contributed by atoms with van der Waals surface area (Å²) in [5.74, 6) is 2.21. The molecule has 1 saturated carbocycles. The third kappa shape index (κ3) is 5.26. The molecule has 0 N–H and O–H groups in total. The monoisotopic (exact) mass is 451 g/mol. The molecule has 2 aliphatic rings. The lowest BCUT2D eigenvalue weighted by Crippen LogP contribution is -2.34. The van der Waals surface area contributed by atoms with Crippen molar-refractivity contribution in [3.05, 3.63) is 35.4 Å². The number of benzene rings is 1. The van der Waals surface area contributed by atoms with Crippen LogP contribution in [0.1, 0.15) is 50.4 Å². The molecule has 2 fully saturated rings. The molecular weight excluding hydrogens is 421 g/mol. The Morgan fingerprint density at radius 3 is 2.65 bits per heavy atom. The van der Waals surface area contributed by atoms with Gasteiger partial charge in [0, 0.05) is 25.3 Å². The molecule has 2 aromatic rings. The summed E-state index contributed by atoms with van der Waals surface area (Å²) in [4.78, 5) is 6.40. The van der Waals surface area contributed by atoms with E-state index in [2.05, 4.69) is 28.9 Å². The second kappa shape index (κ2) is 8.86. The van der Waals surface area contributed by atoms with Crippen LogP contribution in [-0.2, 0) is 21.2 Å². The number of halogens is 1. The van der Waals surface area contributed by atoms with E-state index in [-0.39, 0.29) is 17.4 Å². The van der Waals surface area contributed by atoms with Gasteiger partial charge in [0.25, 0.3) is 0 Å². The average molecular weight is 452 g/mol. The highest BCUT2D eigenvalue weighted by atomic mass is 32.2. The lowest BCUT2D eigenvalue weighted by molar-refractivity contribution is 0.104. The largest absolute Gasteiger partial charge is 0.376 e. The first kappa shape index (κ1) is 22.2. The summed E-state index contributed by atoms with van der Waals surface area (Å²) in [5, 5.41) is 4.05. The van der Waals surface area contributed by atoms with E-state index in [4.69, 9.17) is 9.26 Å². The van der Waals surface area contributed by atoms with Crippen LogP contribution in [0.4, 0.5) is 10.4 Å². The molecule has 7 nitrogen and oxygen atoms in total. The van der Waals surface area contributed by atoms with E-state index in [1.807, 2.05) is 0 Å². The summed E-state index contributed by atoms with van der Waals surface area (Å²) in [7, 11) is -3.55. The molecule has 0 unspecified atom stereocenters. The number of hydrogen-bond donors (Lipinski definition) is 0. The zero-order valence-electron chi connectivity index (χ0n) is 18.3. The Balaban J connectivity index is 1.20. The number of sulfone groups is 1. The third-order valence-corrected chi connectivity index (χ3v) is 7.47. The van der Waals surface area contributed by atoms with Gasteiger partial charge in [-0.05, 0) is 54.7 Å². The van der Waals surface area contributed by atoms with Crippen LogP contribution in [0.2, 0.25) is 0 Å². The Hall–Kier alpha value is -2.00. The Morgan fingerprint density at radius 1 is 1.29 bits per heavy atom. The van der Waals surface area contributed by atoms with Crippen LogP contribution in [-0.4, -0.2) is 44.5 Å². The van der Waals surface area contributed by atoms with Crippen molar-refractivity contribution in [1.29, 1.82) is 0 Å². The summed E-state index contributed by atoms with van der Waals surface area (Å²) in [5.41, 5.74) is 0.649. The second-order valence-corrected chi connectivity index (χ2v) is 11.1. The van der Waals surface area contributed by atoms with E-state index < -0.39 is 15.7 Å². The Kier molecular flexibility index (Phi) is 6.35. The van der Waals surface area contributed by atoms with E-state index in [0.29, 0.717) is 35.9 Å². The standard InChI is InChI=1S/C22H30FN3O4S/c1-14(2)21-24-22(30-25-21)26-8-6-16(7-9-26)18-11-17(18)13-29-12-15-4-5-20(19(23)10-15)31(3,27)28/h4-5,10,14,16-18H,6-9,11-13H2,1-3H3/t17-,18-/m1/s1. The molecule has 1 aromatic carbocycles. The first-order valence-electron chi connectivity index (χ1n) is 10.9. The molecule has 1 aromatic heterocycles. The normalized spacial score (nSPS) is 22.3. The van der Waals surface area contributed by atoms with Crippen LogP contribution in [0.5, 0.6) is 0 Å². The highest BCUT2D eigenvalue weighted by Gasteiger charge is 2.43. The molecule has 31 heavy (non-hydrogen) atoms. The number of piperidine rings is 1. The van der Waals surface area contributed by atoms with Crippen molar-refractivity contribution in [1.82, 2.24) is 10.1 Å². The SMILES string of the molecule is CC(C)c1noc(N2CCC([C@H]3C[C@@H]3COCc3ccc(S(C)(=O)=O)c(F)c3)CC2)n1. The molecular formula is C22H30FN3O4S. The van der Waals surface area contributed by atoms with Gasteiger partial charge in [0.2, 0.25) is 0 Å². The molecule has 9 heteroatoms. The molecule has 0 bridgehead atoms. The second-order valence-electron chi connectivity index (χ2n) is 9.13. The highest BCUT2D eigenvalue weighted by Crippen LogP contribution is 2.48. The zero-order valence-corrected chi connectivity index (χ0v) is 19.1. The molecule has 170 valence electrons. The molecule has 0 amide bonds. The van der Waals surface area contributed by atoms with Gasteiger partial charge >= 0.3 is 6.01 Å². The van der Waals surface area contributed by atoms with Gasteiger partial charge in [0.15, 0.2) is 15.7 Å². The summed E-state index contributed by atoms with van der Waals surface area (Å²) in [6, 6.07) is 4.80. The Morgan fingerprint density at radius 2 is 2.03 bits per heavy atom. The maximum atomic E-state index is 14.0. The van der Waals surface area contributed by atoms with Gasteiger partial charge in [-0.1, -0.05) is 25.1 Å². The minimum absolute atomic E-state index is 0.261. The van der Waals surface area contributed by atoms with Gasteiger partial charge in [-0.2, -0.15) is 4.98 Å². The summed E-state index contributed by atoms with van der Waals surface area (Å²) >= 11 is 0. The van der Waals surface area contributed by atoms with Gasteiger partial charge in [-0.25, -0.2) is 12.8 Å². The minimum atomic E-state index is -3.55. The number of anilines is 1. The summed E-state index contributed by atoms with van der Waals surface area (Å²) < 4.78 is 48.2. The minimum Gasteiger partial charge on any atom is -0.376 e. The van der Waals surface area contributed by atoms with Crippen molar-refractivity contribution < 1.29 is 22.1 Å². The topological polar surface area (TPSA) is 85.5 Å². The fourth-order valence-electron chi connectivity index (χ4n) is 4.41. The van der Waals surface area contributed by atoms with Gasteiger partial charge in [-0.3, -0.25) is 0 Å². The predicted octanol–water partition coefficient (Wildman–Crippen LogP) is 3.80. The van der Waals surface area contributed by atoms with E-state index in [0.717, 1.165) is 38.0 Å². The molecule has 2 atom stereocenters. The number of nitrogens with zero attached hydrogens (tertiary/aromatic N) is 3. The van der Waals surface area contributed by atoms with Gasteiger partial charge < -0.3 is 14.2 Å². The zero-order chi connectivity index (χ0) is 22.2. The quantitative estimate of drug-likeness (QED) is 0.603. The van der Waals surface area contributed by atoms with Crippen LogP contribution in [0.25, 0.3) is 0 Å². The van der Waals surface area contributed by atoms with Crippen molar-refractivity contribution in [2.75, 3.05) is 30.9 Å². The highest BCUT2D eigenvalue weighted by molar-refractivity contribution is 7.90. The fourth-order valence-corrected chi connectivity index (χ4v) is 5.14. The molecule has 1 aliphatic carbocycles. The maximum absolute atomic E-state index is 14.0. The number of rotatable bonds is 8. The van der Waals surface area contributed by atoms with Crippen LogP contribution in [0.15, 0.2) is 27.6 Å². The molecule has 1 aliphatic heterocycles. The first-order chi connectivity index (χ1) is 14.7. The summed E-state index contributed by atoms with van der Waals surface area (Å²) in [6.07, 6.45) is 4.39. The van der Waals surface area contributed by atoms with Gasteiger partial charge in [0.1, 0.15) is 10.7 Å². The molecule has 0 radical (unpaired) electrons. The molecule has 4 rings (SSSR count). The smallest absolute Gasteiger partial charge is 0.324 e. The van der Waals surface area contributed by atoms with Gasteiger partial charge in [-0.15, -0.1) is 0 Å². The Labute approximate surface area is 182 Å². The molecule has 0 spiro atoms. The van der Waals surface area contributed by atoms with Crippen molar-refractivity contribution in [3.63, 3.8) is 0 Å². The van der Waals surface area contributed by atoms with E-state index in [9.17, 15) is 12.8 Å². The lowest BCUT2D eigenvalue weighted by Gasteiger charge is -2.30. The first-order valence-corrected chi connectivity index (χ1v) is 12.8. The van der Waals surface area contributed by atoms with Crippen molar-refractivity contribution in [2.45, 2.75) is 50.5 Å². The van der Waals surface area contributed by atoms with Crippen LogP contribution >= 0.6 is 0 Å². The van der Waals surface area contributed by atoms with Crippen molar-refractivity contribution in [3.8, 4) is 0 Å². The third-order valence-electron chi connectivity index (χ3n) is 6.34. The van der Waals surface area contributed by atoms with E-state index >= 15 is 0 Å². The Bertz CT molecular complexity index is 1020. The van der Waals surface area contributed by atoms with E-state index in [1.165, 1.54) is 18.6 Å². The maximum Gasteiger partial charge on any atom is 0.324 e. The van der Waals surface area contributed by atoms with Gasteiger partial charge in [0.05, 0.1) is 13.2 Å². The predicted molar refractivity (Wildman–Crippen MR) is 114 cm³/mol.